The van der Waals surface area contributed by atoms with Crippen molar-refractivity contribution in [2.24, 2.45) is 0 Å². The maximum atomic E-state index is 10.1. The van der Waals surface area contributed by atoms with Crippen LogP contribution < -0.4 is 4.74 Å². The Morgan fingerprint density at radius 1 is 1.20 bits per heavy atom. The van der Waals surface area contributed by atoms with Gasteiger partial charge in [0.1, 0.15) is 10.9 Å². The Morgan fingerprint density at radius 3 is 2.60 bits per heavy atom. The third-order valence-electron chi connectivity index (χ3n) is 1.70. The highest BCUT2D eigenvalue weighted by molar-refractivity contribution is 7.23. The van der Waals surface area contributed by atoms with Gasteiger partial charge in [-0.1, -0.05) is 11.3 Å². The Labute approximate surface area is 94.2 Å². The molecular formula is C10H5NO2S2. The van der Waals surface area contributed by atoms with Gasteiger partial charge in [0.2, 0.25) is 0 Å². The molecule has 0 spiro atoms. The number of ether oxygens (including phenoxy) is 1. The van der Waals surface area contributed by atoms with Crippen LogP contribution in [-0.2, 0) is 4.79 Å². The smallest absolute Gasteiger partial charge is 0.299 e. The first-order chi connectivity index (χ1) is 7.33. The van der Waals surface area contributed by atoms with Gasteiger partial charge < -0.3 is 4.74 Å². The first-order valence-electron chi connectivity index (χ1n) is 4.04. The second-order valence-electron chi connectivity index (χ2n) is 2.61. The number of nitriles is 1. The molecule has 0 bridgehead atoms. The molecule has 0 atom stereocenters. The fraction of sp³-hybridized carbons (Fsp3) is 0. The normalized spacial score (nSPS) is 9.53. The monoisotopic (exact) mass is 235 g/mol. The van der Waals surface area contributed by atoms with Crippen molar-refractivity contribution < 1.29 is 9.53 Å². The van der Waals surface area contributed by atoms with Gasteiger partial charge in [-0.25, -0.2) is 0 Å². The molecule has 0 saturated heterocycles. The second-order valence-corrected chi connectivity index (χ2v) is 4.74. The first kappa shape index (κ1) is 9.90. The minimum absolute atomic E-state index is 0.407. The molecule has 0 radical (unpaired) electrons. The molecule has 2 rings (SSSR count). The molecule has 0 amide bonds. The Morgan fingerprint density at radius 2 is 1.93 bits per heavy atom. The van der Waals surface area contributed by atoms with Gasteiger partial charge >= 0.3 is 0 Å². The summed E-state index contributed by atoms with van der Waals surface area (Å²) in [7, 11) is 0. The minimum Gasteiger partial charge on any atom is -0.418 e. The van der Waals surface area contributed by atoms with Crippen molar-refractivity contribution in [1.29, 1.82) is 5.26 Å². The zero-order chi connectivity index (χ0) is 10.7. The van der Waals surface area contributed by atoms with Crippen molar-refractivity contribution in [1.82, 2.24) is 0 Å². The van der Waals surface area contributed by atoms with Gasteiger partial charge in [0.05, 0.1) is 0 Å². The summed E-state index contributed by atoms with van der Waals surface area (Å²) in [5.74, 6) is 0. The molecule has 0 saturated carbocycles. The van der Waals surface area contributed by atoms with Gasteiger partial charge in [-0.2, -0.15) is 5.26 Å². The lowest BCUT2D eigenvalue weighted by Crippen LogP contribution is -1.82. The van der Waals surface area contributed by atoms with Crippen LogP contribution in [0.4, 0.5) is 0 Å². The van der Waals surface area contributed by atoms with E-state index in [-0.39, 0.29) is 0 Å². The number of thiophene rings is 2. The summed E-state index contributed by atoms with van der Waals surface area (Å²) in [5.41, 5.74) is 0. The van der Waals surface area contributed by atoms with E-state index in [9.17, 15) is 4.79 Å². The van der Waals surface area contributed by atoms with E-state index in [0.717, 1.165) is 9.75 Å². The van der Waals surface area contributed by atoms with Crippen LogP contribution in [-0.4, -0.2) is 6.47 Å². The molecular weight excluding hydrogens is 230 g/mol. The molecule has 0 aromatic carbocycles. The number of carbonyl (C=O) groups is 1. The van der Waals surface area contributed by atoms with Crippen LogP contribution in [0.2, 0.25) is 0 Å². The lowest BCUT2D eigenvalue weighted by Gasteiger charge is -1.89. The van der Waals surface area contributed by atoms with Crippen LogP contribution in [0.5, 0.6) is 5.06 Å². The minimum atomic E-state index is 0.407. The van der Waals surface area contributed by atoms with Gasteiger partial charge in [0.25, 0.3) is 6.47 Å². The molecule has 0 fully saturated rings. The molecule has 74 valence electrons. The van der Waals surface area contributed by atoms with Crippen molar-refractivity contribution >= 4 is 29.1 Å². The summed E-state index contributed by atoms with van der Waals surface area (Å²) < 4.78 is 4.72. The van der Waals surface area contributed by atoms with Crippen LogP contribution in [0.15, 0.2) is 24.3 Å². The molecule has 5 heteroatoms. The van der Waals surface area contributed by atoms with E-state index < -0.39 is 0 Å². The quantitative estimate of drug-likeness (QED) is 0.768. The summed E-state index contributed by atoms with van der Waals surface area (Å²) in [6.45, 7) is 0.407. The molecule has 0 N–H and O–H groups in total. The van der Waals surface area contributed by atoms with Gasteiger partial charge in [-0.05, 0) is 24.3 Å². The fourth-order valence-corrected chi connectivity index (χ4v) is 2.81. The summed E-state index contributed by atoms with van der Waals surface area (Å²) in [6, 6.07) is 9.36. The number of rotatable bonds is 3. The Kier molecular flexibility index (Phi) is 2.81. The van der Waals surface area contributed by atoms with Gasteiger partial charge in [-0.15, -0.1) is 11.3 Å². The number of hydrogen-bond acceptors (Lipinski definition) is 5. The van der Waals surface area contributed by atoms with Crippen LogP contribution in [0.1, 0.15) is 4.88 Å². The maximum Gasteiger partial charge on any atom is 0.299 e. The summed E-state index contributed by atoms with van der Waals surface area (Å²) in [4.78, 5) is 12.8. The fourth-order valence-electron chi connectivity index (χ4n) is 1.09. The van der Waals surface area contributed by atoms with Gasteiger partial charge in [0.15, 0.2) is 5.06 Å². The number of nitrogens with zero attached hydrogens (tertiary/aromatic N) is 1. The average Bonchev–Trinajstić information content (AvgIpc) is 2.85. The maximum absolute atomic E-state index is 10.1. The van der Waals surface area contributed by atoms with E-state index in [1.54, 1.807) is 12.1 Å². The number of carbonyl (C=O) groups excluding carboxylic acids is 1. The van der Waals surface area contributed by atoms with Crippen molar-refractivity contribution in [3.63, 3.8) is 0 Å². The SMILES string of the molecule is N#Cc1ccc(-c2ccc(OC=O)s2)s1. The molecule has 2 aromatic heterocycles. The van der Waals surface area contributed by atoms with Crippen molar-refractivity contribution in [2.75, 3.05) is 0 Å². The zero-order valence-electron chi connectivity index (χ0n) is 7.47. The van der Waals surface area contributed by atoms with Gasteiger partial charge in [-0.3, -0.25) is 4.79 Å². The highest BCUT2D eigenvalue weighted by Gasteiger charge is 2.06. The second kappa shape index (κ2) is 4.26. The Balaban J connectivity index is 2.29. The molecule has 3 nitrogen and oxygen atoms in total. The van der Waals surface area contributed by atoms with E-state index in [4.69, 9.17) is 10.00 Å². The molecule has 2 heterocycles. The lowest BCUT2D eigenvalue weighted by molar-refractivity contribution is -0.120. The summed E-state index contributed by atoms with van der Waals surface area (Å²) in [6.07, 6.45) is 0. The van der Waals surface area contributed by atoms with Crippen molar-refractivity contribution in [3.05, 3.63) is 29.1 Å². The van der Waals surface area contributed by atoms with E-state index in [1.165, 1.54) is 22.7 Å². The topological polar surface area (TPSA) is 50.1 Å². The molecule has 0 aliphatic rings. The predicted molar refractivity (Wildman–Crippen MR) is 59.0 cm³/mol. The summed E-state index contributed by atoms with van der Waals surface area (Å²) >= 11 is 2.80. The van der Waals surface area contributed by atoms with Crippen LogP contribution in [0.25, 0.3) is 9.75 Å². The molecule has 0 aliphatic heterocycles. The van der Waals surface area contributed by atoms with Gasteiger partial charge in [0, 0.05) is 9.75 Å². The Bertz CT molecular complexity index is 522. The molecule has 0 unspecified atom stereocenters. The third kappa shape index (κ3) is 2.06. The lowest BCUT2D eigenvalue weighted by atomic mass is 10.4. The van der Waals surface area contributed by atoms with Crippen LogP contribution >= 0.6 is 22.7 Å². The van der Waals surface area contributed by atoms with E-state index in [2.05, 4.69) is 6.07 Å². The van der Waals surface area contributed by atoms with E-state index in [1.807, 2.05) is 12.1 Å². The third-order valence-corrected chi connectivity index (χ3v) is 3.87. The van der Waals surface area contributed by atoms with Crippen molar-refractivity contribution in [3.8, 4) is 20.9 Å². The molecule has 15 heavy (non-hydrogen) atoms. The van der Waals surface area contributed by atoms with E-state index >= 15 is 0 Å². The largest absolute Gasteiger partial charge is 0.418 e. The first-order valence-corrected chi connectivity index (χ1v) is 5.67. The predicted octanol–water partition coefficient (Wildman–Crippen LogP) is 2.88. The highest BCUT2D eigenvalue weighted by Crippen LogP contribution is 2.36. The molecule has 2 aromatic rings. The van der Waals surface area contributed by atoms with Crippen LogP contribution in [0.3, 0.4) is 0 Å². The van der Waals surface area contributed by atoms with E-state index in [0.29, 0.717) is 16.4 Å². The number of hydrogen-bond donors (Lipinski definition) is 0. The van der Waals surface area contributed by atoms with Crippen molar-refractivity contribution in [2.45, 2.75) is 0 Å². The standard InChI is InChI=1S/C10H5NO2S2/c11-5-7-1-2-8(14-7)9-3-4-10(15-9)13-6-12/h1-4,6H. The van der Waals surface area contributed by atoms with Crippen LogP contribution in [0, 0.1) is 11.3 Å². The average molecular weight is 235 g/mol. The summed E-state index contributed by atoms with van der Waals surface area (Å²) in [5, 5.41) is 9.24. The molecule has 0 aliphatic carbocycles. The zero-order valence-corrected chi connectivity index (χ0v) is 9.10. The Hall–Kier alpha value is -1.64. The highest BCUT2D eigenvalue weighted by atomic mass is 32.1.